The van der Waals surface area contributed by atoms with Gasteiger partial charge in [-0.2, -0.15) is 0 Å². The summed E-state index contributed by atoms with van der Waals surface area (Å²) in [6.07, 6.45) is 2.18. The van der Waals surface area contributed by atoms with Crippen molar-refractivity contribution in [1.29, 1.82) is 0 Å². The van der Waals surface area contributed by atoms with Crippen LogP contribution in [0.2, 0.25) is 0 Å². The molecule has 0 saturated carbocycles. The van der Waals surface area contributed by atoms with E-state index < -0.39 is 0 Å². The monoisotopic (exact) mass is 593 g/mol. The number of carbonyl (C=O) groups excluding carboxylic acids is 1. The lowest BCUT2D eigenvalue weighted by Gasteiger charge is -2.35. The Hall–Kier alpha value is -4.08. The molecule has 3 aliphatic heterocycles. The van der Waals surface area contributed by atoms with E-state index in [9.17, 15) is 4.79 Å². The van der Waals surface area contributed by atoms with Crippen molar-refractivity contribution in [1.82, 2.24) is 19.8 Å². The fraction of sp³-hybridized carbons (Fsp3) is 0.324. The standard InChI is InChI=1S/C34H35N5O3S/c40-33(39-13-4-5-14-39)28-10-6-7-26(19-28)23-43-34-35-29(27-8-2-1-3-9-27)21-32(36-34)38-17-15-37(16-18-38)22-25-11-12-30-31(20-25)42-24-41-30/h1-3,6-12,19-21H,4-5,13-18,22-24H2. The summed E-state index contributed by atoms with van der Waals surface area (Å²) in [6, 6.07) is 26.6. The molecule has 1 aromatic heterocycles. The van der Waals surface area contributed by atoms with E-state index in [0.29, 0.717) is 12.5 Å². The number of fused-ring (bicyclic) bond motifs is 1. The number of hydrogen-bond donors (Lipinski definition) is 0. The number of hydrogen-bond acceptors (Lipinski definition) is 8. The van der Waals surface area contributed by atoms with Crippen molar-refractivity contribution in [2.75, 3.05) is 51.0 Å². The van der Waals surface area contributed by atoms with E-state index in [1.165, 1.54) is 5.56 Å². The zero-order valence-corrected chi connectivity index (χ0v) is 25.0. The fourth-order valence-electron chi connectivity index (χ4n) is 5.87. The van der Waals surface area contributed by atoms with Crippen LogP contribution in [0.1, 0.15) is 34.3 Å². The average molecular weight is 594 g/mol. The van der Waals surface area contributed by atoms with Crippen LogP contribution in [-0.2, 0) is 12.3 Å². The first-order chi connectivity index (χ1) is 21.2. The Balaban J connectivity index is 1.05. The van der Waals surface area contributed by atoms with Crippen molar-refractivity contribution in [2.24, 2.45) is 0 Å². The second-order valence-corrected chi connectivity index (χ2v) is 12.1. The summed E-state index contributed by atoms with van der Waals surface area (Å²) in [5, 5.41) is 0.746. The second kappa shape index (κ2) is 12.7. The third kappa shape index (κ3) is 6.48. The van der Waals surface area contributed by atoms with E-state index in [2.05, 4.69) is 46.2 Å². The van der Waals surface area contributed by atoms with Crippen LogP contribution in [0.15, 0.2) is 84.0 Å². The van der Waals surface area contributed by atoms with Crippen LogP contribution in [0.25, 0.3) is 11.3 Å². The van der Waals surface area contributed by atoms with Gasteiger partial charge in [-0.15, -0.1) is 0 Å². The summed E-state index contributed by atoms with van der Waals surface area (Å²) < 4.78 is 11.0. The van der Waals surface area contributed by atoms with Gasteiger partial charge in [0.2, 0.25) is 6.79 Å². The van der Waals surface area contributed by atoms with Crippen LogP contribution in [-0.4, -0.2) is 71.7 Å². The van der Waals surface area contributed by atoms with Crippen molar-refractivity contribution in [2.45, 2.75) is 30.3 Å². The normalized spacial score (nSPS) is 16.6. The maximum Gasteiger partial charge on any atom is 0.253 e. The van der Waals surface area contributed by atoms with Gasteiger partial charge in [-0.1, -0.05) is 60.3 Å². The van der Waals surface area contributed by atoms with Crippen molar-refractivity contribution in [3.8, 4) is 22.8 Å². The molecular weight excluding hydrogens is 558 g/mol. The molecule has 0 radical (unpaired) electrons. The number of nitrogens with zero attached hydrogens (tertiary/aromatic N) is 5. The fourth-order valence-corrected chi connectivity index (χ4v) is 6.67. The molecule has 2 fully saturated rings. The Bertz CT molecular complexity index is 1590. The van der Waals surface area contributed by atoms with Gasteiger partial charge in [0.05, 0.1) is 5.69 Å². The van der Waals surface area contributed by atoms with Crippen molar-refractivity contribution >= 4 is 23.5 Å². The minimum absolute atomic E-state index is 0.131. The maximum atomic E-state index is 12.9. The molecular formula is C34H35N5O3S. The van der Waals surface area contributed by atoms with Gasteiger partial charge >= 0.3 is 0 Å². The van der Waals surface area contributed by atoms with Crippen LogP contribution in [0, 0.1) is 0 Å². The number of thioether (sulfide) groups is 1. The molecule has 2 saturated heterocycles. The highest BCUT2D eigenvalue weighted by atomic mass is 32.2. The molecule has 3 aromatic carbocycles. The van der Waals surface area contributed by atoms with E-state index >= 15 is 0 Å². The Labute approximate surface area is 256 Å². The third-order valence-corrected chi connectivity index (χ3v) is 9.15. The number of amides is 1. The highest BCUT2D eigenvalue weighted by Crippen LogP contribution is 2.33. The van der Waals surface area contributed by atoms with Crippen LogP contribution < -0.4 is 14.4 Å². The molecule has 8 nitrogen and oxygen atoms in total. The quantitative estimate of drug-likeness (QED) is 0.190. The smallest absolute Gasteiger partial charge is 0.253 e. The van der Waals surface area contributed by atoms with Gasteiger partial charge in [0, 0.05) is 68.8 Å². The molecule has 9 heteroatoms. The van der Waals surface area contributed by atoms with E-state index in [1.54, 1.807) is 11.8 Å². The number of aromatic nitrogens is 2. The molecule has 0 unspecified atom stereocenters. The summed E-state index contributed by atoms with van der Waals surface area (Å²) in [7, 11) is 0. The second-order valence-electron chi connectivity index (χ2n) is 11.2. The van der Waals surface area contributed by atoms with Gasteiger partial charge in [-0.3, -0.25) is 9.69 Å². The number of benzene rings is 3. The number of rotatable bonds is 8. The van der Waals surface area contributed by atoms with Gasteiger partial charge in [0.1, 0.15) is 5.82 Å². The number of ether oxygens (including phenoxy) is 2. The van der Waals surface area contributed by atoms with Crippen molar-refractivity contribution in [3.63, 3.8) is 0 Å². The lowest BCUT2D eigenvalue weighted by Crippen LogP contribution is -2.46. The minimum atomic E-state index is 0.131. The lowest BCUT2D eigenvalue weighted by atomic mass is 10.1. The average Bonchev–Trinajstić information content (AvgIpc) is 3.77. The predicted molar refractivity (Wildman–Crippen MR) is 169 cm³/mol. The van der Waals surface area contributed by atoms with Crippen LogP contribution >= 0.6 is 11.8 Å². The molecule has 220 valence electrons. The van der Waals surface area contributed by atoms with Crippen LogP contribution in [0.4, 0.5) is 5.82 Å². The molecule has 4 heterocycles. The largest absolute Gasteiger partial charge is 0.454 e. The van der Waals surface area contributed by atoms with Crippen LogP contribution in [0.3, 0.4) is 0 Å². The topological polar surface area (TPSA) is 71.0 Å². The van der Waals surface area contributed by atoms with E-state index in [4.69, 9.17) is 19.4 Å². The van der Waals surface area contributed by atoms with Crippen molar-refractivity contribution < 1.29 is 14.3 Å². The first-order valence-electron chi connectivity index (χ1n) is 15.0. The highest BCUT2D eigenvalue weighted by Gasteiger charge is 2.22. The Morgan fingerprint density at radius 3 is 2.42 bits per heavy atom. The Kier molecular flexibility index (Phi) is 8.16. The molecule has 4 aromatic rings. The number of likely N-dealkylation sites (tertiary alicyclic amines) is 1. The molecule has 0 N–H and O–H groups in total. The SMILES string of the molecule is O=C(c1cccc(CSc2nc(-c3ccccc3)cc(N3CCN(Cc4ccc5c(c4)OCO5)CC3)n2)c1)N1CCCC1. The van der Waals surface area contributed by atoms with Gasteiger partial charge in [0.15, 0.2) is 16.7 Å². The molecule has 0 spiro atoms. The first kappa shape index (κ1) is 27.7. The summed E-state index contributed by atoms with van der Waals surface area (Å²) in [5.41, 5.74) is 5.10. The molecule has 0 bridgehead atoms. The Morgan fingerprint density at radius 2 is 1.58 bits per heavy atom. The maximum absolute atomic E-state index is 12.9. The number of piperazine rings is 1. The zero-order chi connectivity index (χ0) is 29.0. The summed E-state index contributed by atoms with van der Waals surface area (Å²) >= 11 is 1.62. The van der Waals surface area contributed by atoms with Crippen LogP contribution in [0.5, 0.6) is 11.5 Å². The summed E-state index contributed by atoms with van der Waals surface area (Å²) in [4.78, 5) is 29.7. The predicted octanol–water partition coefficient (Wildman–Crippen LogP) is 5.72. The third-order valence-electron chi connectivity index (χ3n) is 8.24. The Morgan fingerprint density at radius 1 is 0.767 bits per heavy atom. The van der Waals surface area contributed by atoms with E-state index in [0.717, 1.165) is 104 Å². The lowest BCUT2D eigenvalue weighted by molar-refractivity contribution is 0.0792. The molecule has 7 rings (SSSR count). The van der Waals surface area contributed by atoms with Gasteiger partial charge < -0.3 is 19.3 Å². The first-order valence-corrected chi connectivity index (χ1v) is 16.0. The highest BCUT2D eigenvalue weighted by molar-refractivity contribution is 7.98. The van der Waals surface area contributed by atoms with Crippen molar-refractivity contribution in [3.05, 3.63) is 95.6 Å². The van der Waals surface area contributed by atoms with Gasteiger partial charge in [-0.05, 0) is 48.2 Å². The minimum Gasteiger partial charge on any atom is -0.454 e. The molecule has 43 heavy (non-hydrogen) atoms. The van der Waals surface area contributed by atoms with E-state index in [-0.39, 0.29) is 5.91 Å². The number of anilines is 1. The number of carbonyl (C=O) groups is 1. The zero-order valence-electron chi connectivity index (χ0n) is 24.2. The van der Waals surface area contributed by atoms with Gasteiger partial charge in [0.25, 0.3) is 5.91 Å². The summed E-state index contributed by atoms with van der Waals surface area (Å²) in [5.74, 6) is 3.44. The molecule has 3 aliphatic rings. The van der Waals surface area contributed by atoms with Gasteiger partial charge in [-0.25, -0.2) is 9.97 Å². The molecule has 0 aliphatic carbocycles. The molecule has 1 amide bonds. The van der Waals surface area contributed by atoms with E-state index in [1.807, 2.05) is 47.4 Å². The summed E-state index contributed by atoms with van der Waals surface area (Å²) in [6.45, 7) is 6.55. The molecule has 0 atom stereocenters.